The van der Waals surface area contributed by atoms with Crippen LogP contribution in [0.25, 0.3) is 6.08 Å². The number of nitrogens with one attached hydrogen (secondary N) is 2. The third-order valence-corrected chi connectivity index (χ3v) is 6.44. The van der Waals surface area contributed by atoms with E-state index in [1.54, 1.807) is 30.3 Å². The molecule has 10 heteroatoms. The number of rotatable bonds is 9. The molecule has 0 bridgehead atoms. The van der Waals surface area contributed by atoms with E-state index in [1.165, 1.54) is 17.8 Å². The molecule has 1 heterocycles. The molecule has 2 aromatic carbocycles. The highest BCUT2D eigenvalue weighted by Crippen LogP contribution is 2.24. The van der Waals surface area contributed by atoms with E-state index in [2.05, 4.69) is 20.8 Å². The number of carbonyl (C=O) groups excluding carboxylic acids is 2. The predicted octanol–water partition coefficient (Wildman–Crippen LogP) is 4.97. The number of benzene rings is 2. The normalized spacial score (nSPS) is 11.0. The van der Waals surface area contributed by atoms with Gasteiger partial charge in [0.05, 0.1) is 12.3 Å². The van der Waals surface area contributed by atoms with Crippen molar-refractivity contribution in [3.63, 3.8) is 0 Å². The van der Waals surface area contributed by atoms with Crippen molar-refractivity contribution in [3.05, 3.63) is 75.5 Å². The maximum absolute atomic E-state index is 12.4. The average molecular weight is 504 g/mol. The van der Waals surface area contributed by atoms with Gasteiger partial charge in [-0.25, -0.2) is 0 Å². The number of nitrogens with zero attached hydrogens (tertiary/aromatic N) is 3. The first-order valence-electron chi connectivity index (χ1n) is 10.2. The zero-order chi connectivity index (χ0) is 23.8. The van der Waals surface area contributed by atoms with Crippen molar-refractivity contribution < 1.29 is 9.59 Å². The van der Waals surface area contributed by atoms with Crippen molar-refractivity contribution in [2.24, 2.45) is 0 Å². The molecule has 2 N–H and O–H groups in total. The van der Waals surface area contributed by atoms with Crippen LogP contribution >= 0.6 is 35.0 Å². The van der Waals surface area contributed by atoms with Gasteiger partial charge in [-0.15, -0.1) is 10.2 Å². The van der Waals surface area contributed by atoms with Crippen LogP contribution in [0.15, 0.2) is 53.7 Å². The van der Waals surface area contributed by atoms with Crippen molar-refractivity contribution in [2.45, 2.75) is 32.1 Å². The number of thioether (sulfide) groups is 1. The van der Waals surface area contributed by atoms with Crippen LogP contribution < -0.4 is 10.6 Å². The van der Waals surface area contributed by atoms with Crippen LogP contribution in [0.3, 0.4) is 0 Å². The van der Waals surface area contributed by atoms with Crippen LogP contribution in [0.1, 0.15) is 23.9 Å². The molecule has 2 amide bonds. The molecular formula is C23H23Cl2N5O2S. The van der Waals surface area contributed by atoms with Crippen molar-refractivity contribution in [3.8, 4) is 0 Å². The lowest BCUT2D eigenvalue weighted by Gasteiger charge is -2.10. The van der Waals surface area contributed by atoms with Gasteiger partial charge >= 0.3 is 0 Å². The van der Waals surface area contributed by atoms with E-state index in [0.717, 1.165) is 11.1 Å². The second kappa shape index (κ2) is 11.9. The van der Waals surface area contributed by atoms with Gasteiger partial charge in [0.15, 0.2) is 11.0 Å². The van der Waals surface area contributed by atoms with Crippen molar-refractivity contribution in [1.29, 1.82) is 0 Å². The maximum atomic E-state index is 12.4. The van der Waals surface area contributed by atoms with Gasteiger partial charge in [-0.05, 0) is 49.2 Å². The quantitative estimate of drug-likeness (QED) is 0.317. The number of hydrogen-bond donors (Lipinski definition) is 2. The lowest BCUT2D eigenvalue weighted by atomic mass is 10.2. The highest BCUT2D eigenvalue weighted by molar-refractivity contribution is 7.99. The molecule has 0 saturated heterocycles. The summed E-state index contributed by atoms with van der Waals surface area (Å²) < 4.78 is 1.86. The van der Waals surface area contributed by atoms with E-state index in [9.17, 15) is 9.59 Å². The van der Waals surface area contributed by atoms with Gasteiger partial charge in [-0.2, -0.15) is 0 Å². The number of aromatic nitrogens is 3. The summed E-state index contributed by atoms with van der Waals surface area (Å²) in [5, 5.41) is 15.8. The predicted molar refractivity (Wildman–Crippen MR) is 134 cm³/mol. The molecule has 0 atom stereocenters. The summed E-state index contributed by atoms with van der Waals surface area (Å²) >= 11 is 13.5. The fourth-order valence-corrected chi connectivity index (χ4v) is 4.13. The Bertz CT molecular complexity index is 1180. The molecule has 33 heavy (non-hydrogen) atoms. The smallest absolute Gasteiger partial charge is 0.244 e. The van der Waals surface area contributed by atoms with Gasteiger partial charge in [0.1, 0.15) is 0 Å². The zero-order valence-electron chi connectivity index (χ0n) is 18.1. The third-order valence-electron chi connectivity index (χ3n) is 4.72. The standard InChI is InChI=1S/C23H23Cl2N5O2S/c1-3-30-20(13-26-21(31)12-11-16-7-4-5-8-18(16)25)28-29-23(30)33-14-22(32)27-19-10-6-9-17(24)15(19)2/h4-12H,3,13-14H2,1-2H3,(H,26,31)(H,27,32)/b12-11+. The van der Waals surface area contributed by atoms with E-state index in [4.69, 9.17) is 23.2 Å². The second-order valence-electron chi connectivity index (χ2n) is 6.96. The molecule has 0 aliphatic rings. The Hall–Kier alpha value is -2.81. The van der Waals surface area contributed by atoms with E-state index in [0.29, 0.717) is 33.3 Å². The summed E-state index contributed by atoms with van der Waals surface area (Å²) in [6, 6.07) is 12.6. The fourth-order valence-electron chi connectivity index (χ4n) is 2.93. The molecule has 0 aliphatic carbocycles. The SMILES string of the molecule is CCn1c(CNC(=O)/C=C/c2ccccc2Cl)nnc1SCC(=O)Nc1cccc(Cl)c1C. The Morgan fingerprint density at radius 1 is 1.09 bits per heavy atom. The molecule has 0 saturated carbocycles. The maximum Gasteiger partial charge on any atom is 0.244 e. The summed E-state index contributed by atoms with van der Waals surface area (Å²) in [4.78, 5) is 24.6. The van der Waals surface area contributed by atoms with E-state index >= 15 is 0 Å². The Labute approximate surface area is 206 Å². The third kappa shape index (κ3) is 6.83. The van der Waals surface area contributed by atoms with Gasteiger partial charge in [0.2, 0.25) is 11.8 Å². The number of hydrogen-bond acceptors (Lipinski definition) is 5. The van der Waals surface area contributed by atoms with E-state index < -0.39 is 0 Å². The summed E-state index contributed by atoms with van der Waals surface area (Å²) in [5.74, 6) is 0.323. The molecule has 172 valence electrons. The van der Waals surface area contributed by atoms with Crippen molar-refractivity contribution >= 4 is 58.5 Å². The molecule has 7 nitrogen and oxygen atoms in total. The first kappa shape index (κ1) is 24.8. The van der Waals surface area contributed by atoms with E-state index in [-0.39, 0.29) is 24.1 Å². The molecule has 3 aromatic rings. The minimum atomic E-state index is -0.272. The molecule has 0 radical (unpaired) electrons. The van der Waals surface area contributed by atoms with Gasteiger partial charge in [0, 0.05) is 28.4 Å². The molecule has 0 spiro atoms. The number of carbonyl (C=O) groups is 2. The zero-order valence-corrected chi connectivity index (χ0v) is 20.5. The molecule has 0 aliphatic heterocycles. The van der Waals surface area contributed by atoms with Crippen LogP contribution in [0.5, 0.6) is 0 Å². The fraction of sp³-hybridized carbons (Fsp3) is 0.217. The summed E-state index contributed by atoms with van der Waals surface area (Å²) in [6.45, 7) is 4.61. The van der Waals surface area contributed by atoms with Gasteiger partial charge in [-0.3, -0.25) is 9.59 Å². The van der Waals surface area contributed by atoms with Gasteiger partial charge < -0.3 is 15.2 Å². The first-order chi connectivity index (χ1) is 15.9. The lowest BCUT2D eigenvalue weighted by Crippen LogP contribution is -2.22. The Balaban J connectivity index is 1.55. The number of halogens is 2. The first-order valence-corrected chi connectivity index (χ1v) is 11.9. The minimum absolute atomic E-state index is 0.164. The largest absolute Gasteiger partial charge is 0.345 e. The minimum Gasteiger partial charge on any atom is -0.345 e. The molecule has 0 fully saturated rings. The molecule has 1 aromatic heterocycles. The molecular weight excluding hydrogens is 481 g/mol. The molecule has 3 rings (SSSR count). The topological polar surface area (TPSA) is 88.9 Å². The van der Waals surface area contributed by atoms with Crippen LogP contribution in [-0.4, -0.2) is 32.3 Å². The van der Waals surface area contributed by atoms with Crippen LogP contribution in [0.4, 0.5) is 5.69 Å². The highest BCUT2D eigenvalue weighted by atomic mass is 35.5. The average Bonchev–Trinajstić information content (AvgIpc) is 3.20. The van der Waals surface area contributed by atoms with Crippen molar-refractivity contribution in [1.82, 2.24) is 20.1 Å². The van der Waals surface area contributed by atoms with Gasteiger partial charge in [-0.1, -0.05) is 59.2 Å². The Kier molecular flexibility index (Phi) is 8.94. The number of amides is 2. The van der Waals surface area contributed by atoms with Crippen LogP contribution in [-0.2, 0) is 22.7 Å². The Morgan fingerprint density at radius 2 is 1.85 bits per heavy atom. The number of anilines is 1. The van der Waals surface area contributed by atoms with Gasteiger partial charge in [0.25, 0.3) is 0 Å². The van der Waals surface area contributed by atoms with E-state index in [1.807, 2.05) is 36.6 Å². The summed E-state index contributed by atoms with van der Waals surface area (Å²) in [5.41, 5.74) is 2.25. The second-order valence-corrected chi connectivity index (χ2v) is 8.72. The summed E-state index contributed by atoms with van der Waals surface area (Å²) in [7, 11) is 0. The van der Waals surface area contributed by atoms with Crippen LogP contribution in [0, 0.1) is 6.92 Å². The lowest BCUT2D eigenvalue weighted by molar-refractivity contribution is -0.116. The highest BCUT2D eigenvalue weighted by Gasteiger charge is 2.14. The van der Waals surface area contributed by atoms with Crippen LogP contribution in [0.2, 0.25) is 10.0 Å². The van der Waals surface area contributed by atoms with Crippen molar-refractivity contribution in [2.75, 3.05) is 11.1 Å². The monoisotopic (exact) mass is 503 g/mol. The Morgan fingerprint density at radius 3 is 2.61 bits per heavy atom. The summed E-state index contributed by atoms with van der Waals surface area (Å²) in [6.07, 6.45) is 3.08. The molecule has 0 unspecified atom stereocenters.